The Morgan fingerprint density at radius 3 is 2.61 bits per heavy atom. The molecule has 0 fully saturated rings. The summed E-state index contributed by atoms with van der Waals surface area (Å²) in [6.07, 6.45) is 7.49. The molecule has 0 radical (unpaired) electrons. The first-order valence-electron chi connectivity index (χ1n) is 10.6. The van der Waals surface area contributed by atoms with Gasteiger partial charge in [0.2, 0.25) is 5.89 Å². The normalized spacial score (nSPS) is 12.3. The van der Waals surface area contributed by atoms with Gasteiger partial charge in [-0.2, -0.15) is 0 Å². The molecule has 0 unspecified atom stereocenters. The Labute approximate surface area is 168 Å². The highest BCUT2D eigenvalue weighted by atomic mass is 16.3. The van der Waals surface area contributed by atoms with Gasteiger partial charge in [-0.15, -0.1) is 0 Å². The first kappa shape index (κ1) is 20.6. The summed E-state index contributed by atoms with van der Waals surface area (Å²) in [6, 6.07) is 6.43. The van der Waals surface area contributed by atoms with E-state index in [0.29, 0.717) is 29.2 Å². The molecule has 0 aliphatic rings. The highest BCUT2D eigenvalue weighted by Gasteiger charge is 2.14. The van der Waals surface area contributed by atoms with Crippen molar-refractivity contribution in [2.75, 3.05) is 12.3 Å². The maximum Gasteiger partial charge on any atom is 0.209 e. The van der Waals surface area contributed by atoms with Crippen molar-refractivity contribution in [3.05, 3.63) is 29.7 Å². The van der Waals surface area contributed by atoms with Crippen molar-refractivity contribution >= 4 is 27.8 Å². The predicted octanol–water partition coefficient (Wildman–Crippen LogP) is 5.61. The maximum atomic E-state index is 6.15. The molecule has 0 atom stereocenters. The minimum Gasteiger partial charge on any atom is -0.438 e. The third kappa shape index (κ3) is 5.22. The summed E-state index contributed by atoms with van der Waals surface area (Å²) in [5.41, 5.74) is 10.2. The minimum absolute atomic E-state index is 0.438. The summed E-state index contributed by atoms with van der Waals surface area (Å²) < 4.78 is 5.96. The van der Waals surface area contributed by atoms with Crippen LogP contribution in [0, 0.1) is 5.41 Å². The quantitative estimate of drug-likeness (QED) is 0.471. The lowest BCUT2D eigenvalue weighted by Crippen LogP contribution is -2.11. The Morgan fingerprint density at radius 2 is 1.86 bits per heavy atom. The molecule has 0 amide bonds. The molecule has 0 aliphatic carbocycles. The second-order valence-electron chi connectivity index (χ2n) is 8.89. The Balaban J connectivity index is 1.67. The van der Waals surface area contributed by atoms with Crippen LogP contribution in [-0.2, 0) is 13.0 Å². The molecule has 1 aromatic carbocycles. The summed E-state index contributed by atoms with van der Waals surface area (Å²) in [4.78, 5) is 9.08. The van der Waals surface area contributed by atoms with Crippen molar-refractivity contribution in [3.8, 4) is 0 Å². The lowest BCUT2D eigenvalue weighted by molar-refractivity contribution is 0.357. The maximum absolute atomic E-state index is 6.15. The van der Waals surface area contributed by atoms with Crippen molar-refractivity contribution in [2.24, 2.45) is 5.41 Å². The number of fused-ring (bicyclic) bond motifs is 3. The molecular formula is C23H34N4O. The Bertz CT molecular complexity index is 924. The number of anilines is 1. The number of aryl methyl sites for hydroxylation is 1. The first-order valence-corrected chi connectivity index (χ1v) is 10.6. The zero-order valence-corrected chi connectivity index (χ0v) is 17.8. The number of unbranched alkanes of at least 4 members (excludes halogenated alkanes) is 3. The van der Waals surface area contributed by atoms with Gasteiger partial charge in [0, 0.05) is 5.39 Å². The standard InChI is InChI=1S/C23H34N4O/c1-5-25-15-19-27-20-21(28-19)17-12-11-16(14-18(17)26-22(20)24)10-8-6-7-9-13-23(2,3)4/h11-12,14,25H,5-10,13,15H2,1-4H3,(H2,24,26). The van der Waals surface area contributed by atoms with E-state index in [1.54, 1.807) is 0 Å². The number of nitrogens with zero attached hydrogens (tertiary/aromatic N) is 2. The molecule has 2 aromatic heterocycles. The number of hydrogen-bond donors (Lipinski definition) is 2. The van der Waals surface area contributed by atoms with E-state index >= 15 is 0 Å². The molecule has 0 bridgehead atoms. The van der Waals surface area contributed by atoms with Gasteiger partial charge in [-0.25, -0.2) is 9.97 Å². The largest absolute Gasteiger partial charge is 0.438 e. The van der Waals surface area contributed by atoms with E-state index in [1.807, 2.05) is 0 Å². The van der Waals surface area contributed by atoms with Crippen molar-refractivity contribution in [1.82, 2.24) is 15.3 Å². The predicted molar refractivity (Wildman–Crippen MR) is 117 cm³/mol. The average molecular weight is 383 g/mol. The average Bonchev–Trinajstić information content (AvgIpc) is 3.07. The van der Waals surface area contributed by atoms with Crippen LogP contribution in [0.25, 0.3) is 22.0 Å². The zero-order valence-electron chi connectivity index (χ0n) is 17.8. The molecule has 3 N–H and O–H groups in total. The van der Waals surface area contributed by atoms with Gasteiger partial charge in [-0.05, 0) is 48.9 Å². The van der Waals surface area contributed by atoms with Crippen LogP contribution in [0.5, 0.6) is 0 Å². The van der Waals surface area contributed by atoms with Crippen LogP contribution in [0.2, 0.25) is 0 Å². The van der Waals surface area contributed by atoms with Gasteiger partial charge >= 0.3 is 0 Å². The summed E-state index contributed by atoms with van der Waals surface area (Å²) >= 11 is 0. The third-order valence-electron chi connectivity index (χ3n) is 5.13. The highest BCUT2D eigenvalue weighted by molar-refractivity contribution is 6.04. The molecular weight excluding hydrogens is 348 g/mol. The lowest BCUT2D eigenvalue weighted by Gasteiger charge is -2.17. The number of nitrogen functional groups attached to an aromatic ring is 1. The number of hydrogen-bond acceptors (Lipinski definition) is 5. The van der Waals surface area contributed by atoms with E-state index < -0.39 is 0 Å². The van der Waals surface area contributed by atoms with Gasteiger partial charge in [0.25, 0.3) is 0 Å². The van der Waals surface area contributed by atoms with Crippen LogP contribution in [0.4, 0.5) is 5.82 Å². The number of rotatable bonds is 9. The fourth-order valence-corrected chi connectivity index (χ4v) is 3.57. The lowest BCUT2D eigenvalue weighted by atomic mass is 9.89. The third-order valence-corrected chi connectivity index (χ3v) is 5.13. The molecule has 3 aromatic rings. The monoisotopic (exact) mass is 382 g/mol. The molecule has 0 saturated carbocycles. The summed E-state index contributed by atoms with van der Waals surface area (Å²) in [7, 11) is 0. The highest BCUT2D eigenvalue weighted by Crippen LogP contribution is 2.29. The van der Waals surface area contributed by atoms with E-state index in [4.69, 9.17) is 10.2 Å². The van der Waals surface area contributed by atoms with Gasteiger partial charge in [0.05, 0.1) is 12.1 Å². The van der Waals surface area contributed by atoms with Crippen LogP contribution < -0.4 is 11.1 Å². The first-order chi connectivity index (χ1) is 13.4. The van der Waals surface area contributed by atoms with E-state index in [1.165, 1.54) is 37.7 Å². The van der Waals surface area contributed by atoms with Gasteiger partial charge in [-0.1, -0.05) is 53.0 Å². The van der Waals surface area contributed by atoms with Gasteiger partial charge in [-0.3, -0.25) is 0 Å². The fourth-order valence-electron chi connectivity index (χ4n) is 3.57. The van der Waals surface area contributed by atoms with Crippen molar-refractivity contribution in [2.45, 2.75) is 72.8 Å². The number of aromatic nitrogens is 2. The second kappa shape index (κ2) is 8.91. The minimum atomic E-state index is 0.438. The molecule has 0 aliphatic heterocycles. The zero-order chi connectivity index (χ0) is 20.1. The summed E-state index contributed by atoms with van der Waals surface area (Å²) in [5, 5.41) is 4.21. The number of benzene rings is 1. The molecule has 0 saturated heterocycles. The molecule has 5 heteroatoms. The summed E-state index contributed by atoms with van der Waals surface area (Å²) in [5.74, 6) is 1.09. The summed E-state index contributed by atoms with van der Waals surface area (Å²) in [6.45, 7) is 10.5. The van der Waals surface area contributed by atoms with Crippen molar-refractivity contribution < 1.29 is 4.42 Å². The SMILES string of the molecule is CCNCc1nc2c(N)nc3cc(CCCCCCC(C)(C)C)ccc3c2o1. The molecule has 2 heterocycles. The number of nitrogens with one attached hydrogen (secondary N) is 1. The molecule has 3 rings (SSSR count). The fraction of sp³-hybridized carbons (Fsp3) is 0.565. The topological polar surface area (TPSA) is 77.0 Å². The van der Waals surface area contributed by atoms with Crippen molar-refractivity contribution in [3.63, 3.8) is 0 Å². The number of nitrogens with two attached hydrogens (primary N) is 1. The smallest absolute Gasteiger partial charge is 0.209 e. The van der Waals surface area contributed by atoms with E-state index in [9.17, 15) is 0 Å². The molecule has 152 valence electrons. The number of oxazole rings is 1. The Hall–Kier alpha value is -2.14. The van der Waals surface area contributed by atoms with E-state index in [-0.39, 0.29) is 0 Å². The molecule has 5 nitrogen and oxygen atoms in total. The second-order valence-corrected chi connectivity index (χ2v) is 8.89. The molecule has 0 spiro atoms. The Morgan fingerprint density at radius 1 is 1.07 bits per heavy atom. The van der Waals surface area contributed by atoms with Crippen LogP contribution >= 0.6 is 0 Å². The number of pyridine rings is 1. The van der Waals surface area contributed by atoms with Crippen LogP contribution in [-0.4, -0.2) is 16.5 Å². The van der Waals surface area contributed by atoms with Crippen LogP contribution in [0.15, 0.2) is 22.6 Å². The van der Waals surface area contributed by atoms with E-state index in [2.05, 4.69) is 61.2 Å². The van der Waals surface area contributed by atoms with Crippen LogP contribution in [0.1, 0.15) is 71.3 Å². The van der Waals surface area contributed by atoms with Gasteiger partial charge in [0.15, 0.2) is 16.9 Å². The van der Waals surface area contributed by atoms with Gasteiger partial charge in [0.1, 0.15) is 0 Å². The Kier molecular flexibility index (Phi) is 6.55. The molecule has 28 heavy (non-hydrogen) atoms. The van der Waals surface area contributed by atoms with Gasteiger partial charge < -0.3 is 15.5 Å². The van der Waals surface area contributed by atoms with E-state index in [0.717, 1.165) is 29.5 Å². The van der Waals surface area contributed by atoms with Crippen molar-refractivity contribution in [1.29, 1.82) is 0 Å². The van der Waals surface area contributed by atoms with Crippen LogP contribution in [0.3, 0.4) is 0 Å².